The van der Waals surface area contributed by atoms with Crippen LogP contribution in [-0.2, 0) is 24.6 Å². The van der Waals surface area contributed by atoms with Crippen molar-refractivity contribution in [1.29, 1.82) is 0 Å². The third-order valence-electron chi connectivity index (χ3n) is 5.76. The molecule has 37 heavy (non-hydrogen) atoms. The van der Waals surface area contributed by atoms with Crippen molar-refractivity contribution in [2.24, 2.45) is 0 Å². The Labute approximate surface area is 221 Å². The molecule has 1 N–H and O–H groups in total. The molecule has 0 unspecified atom stereocenters. The van der Waals surface area contributed by atoms with E-state index in [-0.39, 0.29) is 18.8 Å². The zero-order valence-electron chi connectivity index (χ0n) is 22.8. The first-order valence-electron chi connectivity index (χ1n) is 12.8. The largest absolute Gasteiger partial charge is 0.460 e. The summed E-state index contributed by atoms with van der Waals surface area (Å²) in [6.07, 6.45) is 0.292. The van der Waals surface area contributed by atoms with Crippen molar-refractivity contribution >= 4 is 11.9 Å². The Balaban J connectivity index is 2.13. The zero-order valence-corrected chi connectivity index (χ0v) is 22.8. The molecule has 0 saturated heterocycles. The van der Waals surface area contributed by atoms with Gasteiger partial charge < -0.3 is 9.47 Å². The molecule has 0 aromatic heterocycles. The van der Waals surface area contributed by atoms with E-state index in [1.54, 1.807) is 0 Å². The molecule has 0 saturated carbocycles. The minimum Gasteiger partial charge on any atom is -0.460 e. The second-order valence-corrected chi connectivity index (χ2v) is 11.2. The van der Waals surface area contributed by atoms with Gasteiger partial charge in [-0.1, -0.05) is 91.0 Å². The first-order valence-corrected chi connectivity index (χ1v) is 12.8. The van der Waals surface area contributed by atoms with Crippen LogP contribution in [0.4, 0.5) is 0 Å². The van der Waals surface area contributed by atoms with Crippen LogP contribution in [0.3, 0.4) is 0 Å². The van der Waals surface area contributed by atoms with Crippen molar-refractivity contribution < 1.29 is 19.1 Å². The Morgan fingerprint density at radius 2 is 1.03 bits per heavy atom. The van der Waals surface area contributed by atoms with Crippen molar-refractivity contribution in [3.05, 3.63) is 108 Å². The molecule has 3 aromatic carbocycles. The number of esters is 2. The average molecular weight is 502 g/mol. The van der Waals surface area contributed by atoms with Crippen molar-refractivity contribution in [2.75, 3.05) is 0 Å². The maximum Gasteiger partial charge on any atom is 0.323 e. The van der Waals surface area contributed by atoms with Gasteiger partial charge in [0.15, 0.2) is 0 Å². The molecule has 0 spiro atoms. The van der Waals surface area contributed by atoms with E-state index in [0.717, 1.165) is 16.7 Å². The Kier molecular flexibility index (Phi) is 8.93. The van der Waals surface area contributed by atoms with Crippen LogP contribution in [0.25, 0.3) is 0 Å². The molecule has 196 valence electrons. The summed E-state index contributed by atoms with van der Waals surface area (Å²) in [7, 11) is 0. The molecule has 3 rings (SSSR count). The fourth-order valence-electron chi connectivity index (χ4n) is 4.35. The van der Waals surface area contributed by atoms with Gasteiger partial charge in [0.1, 0.15) is 17.2 Å². The van der Waals surface area contributed by atoms with Crippen LogP contribution in [-0.4, -0.2) is 29.2 Å². The smallest absolute Gasteiger partial charge is 0.323 e. The molecule has 0 aliphatic rings. The molecular weight excluding hydrogens is 462 g/mol. The highest BCUT2D eigenvalue weighted by atomic mass is 16.6. The fraction of sp³-hybridized carbons (Fsp3) is 0.375. The number of carbonyl (C=O) groups excluding carboxylic acids is 2. The Morgan fingerprint density at radius 1 is 0.649 bits per heavy atom. The van der Waals surface area contributed by atoms with Gasteiger partial charge in [0.05, 0.1) is 5.54 Å². The second-order valence-electron chi connectivity index (χ2n) is 11.2. The van der Waals surface area contributed by atoms with E-state index in [0.29, 0.717) is 0 Å². The monoisotopic (exact) mass is 501 g/mol. The van der Waals surface area contributed by atoms with Crippen molar-refractivity contribution in [1.82, 2.24) is 5.32 Å². The molecule has 0 fully saturated rings. The molecule has 5 nitrogen and oxygen atoms in total. The van der Waals surface area contributed by atoms with Gasteiger partial charge in [-0.15, -0.1) is 0 Å². The van der Waals surface area contributed by atoms with E-state index in [4.69, 9.17) is 9.47 Å². The quantitative estimate of drug-likeness (QED) is 0.271. The molecule has 0 amide bonds. The van der Waals surface area contributed by atoms with Gasteiger partial charge in [-0.2, -0.15) is 0 Å². The number of ether oxygens (including phenoxy) is 2. The van der Waals surface area contributed by atoms with Crippen LogP contribution in [0.5, 0.6) is 0 Å². The van der Waals surface area contributed by atoms with E-state index in [2.05, 4.69) is 5.32 Å². The predicted octanol–water partition coefficient (Wildman–Crippen LogP) is 6.40. The molecule has 0 radical (unpaired) electrons. The van der Waals surface area contributed by atoms with E-state index < -0.39 is 28.8 Å². The molecule has 0 heterocycles. The van der Waals surface area contributed by atoms with Crippen molar-refractivity contribution in [3.8, 4) is 0 Å². The number of benzene rings is 3. The van der Waals surface area contributed by atoms with Gasteiger partial charge >= 0.3 is 11.9 Å². The van der Waals surface area contributed by atoms with E-state index in [1.165, 1.54) is 0 Å². The molecule has 0 bridgehead atoms. The highest BCUT2D eigenvalue weighted by molar-refractivity contribution is 5.78. The maximum atomic E-state index is 13.6. The highest BCUT2D eigenvalue weighted by Crippen LogP contribution is 2.38. The van der Waals surface area contributed by atoms with Crippen LogP contribution in [0.2, 0.25) is 0 Å². The number of hydrogen-bond acceptors (Lipinski definition) is 5. The summed E-state index contributed by atoms with van der Waals surface area (Å²) >= 11 is 0. The van der Waals surface area contributed by atoms with Gasteiger partial charge in [-0.3, -0.25) is 14.9 Å². The van der Waals surface area contributed by atoms with Crippen molar-refractivity contribution in [3.63, 3.8) is 0 Å². The first kappa shape index (κ1) is 28.1. The van der Waals surface area contributed by atoms with Gasteiger partial charge in [-0.25, -0.2) is 0 Å². The number of hydrogen-bond donors (Lipinski definition) is 1. The summed E-state index contributed by atoms with van der Waals surface area (Å²) in [5, 5.41) is 3.67. The number of carbonyl (C=O) groups is 2. The SMILES string of the molecule is CC(C)(C)OC(=O)CC[C@H](NC(c1ccccc1)(c1ccccc1)c1ccccc1)C(=O)OC(C)(C)C. The predicted molar refractivity (Wildman–Crippen MR) is 147 cm³/mol. The summed E-state index contributed by atoms with van der Waals surface area (Å²) in [5.74, 6) is -0.768. The Hall–Kier alpha value is -3.44. The van der Waals surface area contributed by atoms with E-state index in [1.807, 2.05) is 133 Å². The third kappa shape index (κ3) is 7.77. The average Bonchev–Trinajstić information content (AvgIpc) is 2.84. The van der Waals surface area contributed by atoms with Crippen LogP contribution >= 0.6 is 0 Å². The first-order chi connectivity index (χ1) is 17.4. The summed E-state index contributed by atoms with van der Waals surface area (Å²) < 4.78 is 11.4. The van der Waals surface area contributed by atoms with E-state index in [9.17, 15) is 9.59 Å². The van der Waals surface area contributed by atoms with Crippen LogP contribution in [0.1, 0.15) is 71.1 Å². The van der Waals surface area contributed by atoms with Gasteiger partial charge in [-0.05, 0) is 64.7 Å². The van der Waals surface area contributed by atoms with Crippen molar-refractivity contribution in [2.45, 2.75) is 77.2 Å². The summed E-state index contributed by atoms with van der Waals surface area (Å²) in [6, 6.07) is 29.3. The standard InChI is InChI=1S/C32H39NO4/c1-30(2,3)36-28(34)23-22-27(29(35)37-31(4,5)6)33-32(24-16-10-7-11-17-24,25-18-12-8-13-19-25)26-20-14-9-15-21-26/h7-21,27,33H,22-23H2,1-6H3/t27-/m0/s1. The zero-order chi connectivity index (χ0) is 27.1. The number of rotatable bonds is 9. The second kappa shape index (κ2) is 11.7. The topological polar surface area (TPSA) is 64.6 Å². The summed E-state index contributed by atoms with van der Waals surface area (Å²) in [4.78, 5) is 26.2. The maximum absolute atomic E-state index is 13.6. The third-order valence-corrected chi connectivity index (χ3v) is 5.76. The lowest BCUT2D eigenvalue weighted by atomic mass is 9.76. The molecule has 1 atom stereocenters. The summed E-state index contributed by atoms with van der Waals surface area (Å²) in [6.45, 7) is 11.0. The lowest BCUT2D eigenvalue weighted by Gasteiger charge is -2.40. The minimum absolute atomic E-state index is 0.0721. The van der Waals surface area contributed by atoms with Gasteiger partial charge in [0, 0.05) is 6.42 Å². The molecule has 0 aliphatic carbocycles. The highest BCUT2D eigenvalue weighted by Gasteiger charge is 2.41. The van der Waals surface area contributed by atoms with Crippen LogP contribution < -0.4 is 5.32 Å². The minimum atomic E-state index is -0.876. The molecule has 5 heteroatoms. The summed E-state index contributed by atoms with van der Waals surface area (Å²) in [5.41, 5.74) is 0.750. The molecular formula is C32H39NO4. The Morgan fingerprint density at radius 3 is 1.38 bits per heavy atom. The van der Waals surface area contributed by atoms with Crippen LogP contribution in [0, 0.1) is 0 Å². The lowest BCUT2D eigenvalue weighted by molar-refractivity contribution is -0.159. The lowest BCUT2D eigenvalue weighted by Crippen LogP contribution is -2.54. The molecule has 0 aliphatic heterocycles. The van der Waals surface area contributed by atoms with Gasteiger partial charge in [0.25, 0.3) is 0 Å². The fourth-order valence-corrected chi connectivity index (χ4v) is 4.35. The molecule has 3 aromatic rings. The Bertz CT molecular complexity index is 1050. The van der Waals surface area contributed by atoms with Crippen LogP contribution in [0.15, 0.2) is 91.0 Å². The normalized spacial score (nSPS) is 13.0. The number of nitrogens with one attached hydrogen (secondary N) is 1. The van der Waals surface area contributed by atoms with Gasteiger partial charge in [0.2, 0.25) is 0 Å². The van der Waals surface area contributed by atoms with E-state index >= 15 is 0 Å².